The van der Waals surface area contributed by atoms with Crippen molar-refractivity contribution in [2.75, 3.05) is 19.7 Å². The summed E-state index contributed by atoms with van der Waals surface area (Å²) < 4.78 is 71.8. The number of alkyl halides is 5. The molecular formula is C37H58F5N4O2P. The van der Waals surface area contributed by atoms with Gasteiger partial charge in [0.1, 0.15) is 11.2 Å². The third kappa shape index (κ3) is 12.7. The molecule has 0 aromatic carbocycles. The molecule has 1 N–H and O–H groups in total. The van der Waals surface area contributed by atoms with Crippen molar-refractivity contribution < 1.29 is 26.7 Å². The summed E-state index contributed by atoms with van der Waals surface area (Å²) in [5, 5.41) is 5.84. The monoisotopic (exact) mass is 716 g/mol. The lowest BCUT2D eigenvalue weighted by Crippen LogP contribution is -2.40. The molecule has 0 amide bonds. The van der Waals surface area contributed by atoms with Gasteiger partial charge in [-0.3, -0.25) is 9.79 Å². The average molecular weight is 717 g/mol. The first-order valence-corrected chi connectivity index (χ1v) is 18.5. The van der Waals surface area contributed by atoms with E-state index in [4.69, 9.17) is 4.74 Å². The Bertz CT molecular complexity index is 1350. The van der Waals surface area contributed by atoms with Crippen molar-refractivity contribution in [3.8, 4) is 0 Å². The smallest absolute Gasteiger partial charge is 0.373 e. The van der Waals surface area contributed by atoms with Gasteiger partial charge in [0.15, 0.2) is 0 Å². The number of hydrogen-bond acceptors (Lipinski definition) is 5. The zero-order valence-corrected chi connectivity index (χ0v) is 31.5. The molecule has 0 saturated carbocycles. The molecule has 1 aromatic rings. The van der Waals surface area contributed by atoms with Crippen LogP contribution in [0.2, 0.25) is 0 Å². The summed E-state index contributed by atoms with van der Waals surface area (Å²) in [6.45, 7) is 19.7. The predicted octanol–water partition coefficient (Wildman–Crippen LogP) is 10.4. The lowest BCUT2D eigenvalue weighted by Gasteiger charge is -2.38. The molecule has 1 aromatic heterocycles. The van der Waals surface area contributed by atoms with Gasteiger partial charge < -0.3 is 9.64 Å². The highest BCUT2D eigenvalue weighted by Gasteiger charge is 2.42. The van der Waals surface area contributed by atoms with Crippen LogP contribution in [0.15, 0.2) is 45.5 Å². The quantitative estimate of drug-likeness (QED) is 0.0990. The first-order valence-electron chi connectivity index (χ1n) is 17.9. The molecule has 0 bridgehead atoms. The Hall–Kier alpha value is -2.39. The number of fused-ring (bicyclic) bond motifs is 1. The van der Waals surface area contributed by atoms with Gasteiger partial charge in [-0.15, -0.1) is 0 Å². The van der Waals surface area contributed by atoms with Crippen molar-refractivity contribution in [3.05, 3.63) is 62.9 Å². The number of aromatic amines is 1. The van der Waals surface area contributed by atoms with Gasteiger partial charge in [-0.1, -0.05) is 75.4 Å². The standard InChI is InChI=1S/C25H43F2N2OP.C12H15F3N2O/c1-6-17-29(21(4)24(5,8-3)30-19-7-2)18-13-9-10-15-23-16-12-11-14-22(20-28-23)25(26,27)31;1-3-6(2)7-4-5-8-9(12(13,14)15)11(18)17-16-10(7)8/h14,16,20H,4,6-13,15,17-19,31H2,1-3,5H3;6-7H,3-5H2,1-2H3,(H,17,18)/b22-14+,23-16-,28-20+;/t24-;/m1./s1. The molecule has 3 rings (SSSR count). The van der Waals surface area contributed by atoms with Crippen molar-refractivity contribution in [2.24, 2.45) is 10.9 Å². The van der Waals surface area contributed by atoms with Gasteiger partial charge in [-0.2, -0.15) is 27.1 Å². The molecule has 12 heteroatoms. The molecule has 1 aliphatic carbocycles. The molecule has 0 spiro atoms. The average Bonchev–Trinajstić information content (AvgIpc) is 3.45. The fraction of sp³-hybridized carbons (Fsp3) is 0.703. The van der Waals surface area contributed by atoms with Crippen molar-refractivity contribution in [2.45, 2.75) is 142 Å². The number of allylic oxidation sites excluding steroid dienone is 4. The van der Waals surface area contributed by atoms with Crippen molar-refractivity contribution in [3.63, 3.8) is 0 Å². The Morgan fingerprint density at radius 3 is 2.37 bits per heavy atom. The topological polar surface area (TPSA) is 70.6 Å². The van der Waals surface area contributed by atoms with Crippen LogP contribution >= 0.6 is 9.24 Å². The van der Waals surface area contributed by atoms with Crippen molar-refractivity contribution in [1.82, 2.24) is 15.1 Å². The van der Waals surface area contributed by atoms with Gasteiger partial charge in [0.25, 0.3) is 11.2 Å². The Morgan fingerprint density at radius 2 is 1.78 bits per heavy atom. The second-order valence-corrected chi connectivity index (χ2v) is 14.0. The number of unbranched alkanes of at least 4 members (excludes halogenated alkanes) is 2. The largest absolute Gasteiger partial charge is 0.422 e. The number of H-pyrrole nitrogens is 1. The molecule has 1 aliphatic heterocycles. The Labute approximate surface area is 292 Å². The molecule has 0 fully saturated rings. The van der Waals surface area contributed by atoms with Gasteiger partial charge in [-0.25, -0.2) is 5.10 Å². The minimum absolute atomic E-state index is 0.0129. The number of halogens is 5. The predicted molar refractivity (Wildman–Crippen MR) is 193 cm³/mol. The van der Waals surface area contributed by atoms with Crippen LogP contribution in [0.1, 0.15) is 135 Å². The molecule has 0 saturated heterocycles. The summed E-state index contributed by atoms with van der Waals surface area (Å²) in [5.74, 6) is 0.286. The fourth-order valence-electron chi connectivity index (χ4n) is 6.26. The van der Waals surface area contributed by atoms with Crippen LogP contribution in [0, 0.1) is 5.92 Å². The van der Waals surface area contributed by atoms with E-state index < -0.39 is 23.0 Å². The molecular weight excluding hydrogens is 658 g/mol. The zero-order valence-electron chi connectivity index (χ0n) is 30.3. The summed E-state index contributed by atoms with van der Waals surface area (Å²) in [6, 6.07) is 0. The normalized spacial score (nSPS) is 21.0. The first-order chi connectivity index (χ1) is 23.0. The van der Waals surface area contributed by atoms with E-state index in [0.717, 1.165) is 88.9 Å². The number of aromatic nitrogens is 2. The minimum Gasteiger partial charge on any atom is -0.373 e. The molecule has 0 radical (unpaired) electrons. The Kier molecular flexibility index (Phi) is 17.3. The van der Waals surface area contributed by atoms with Gasteiger partial charge in [0.2, 0.25) is 0 Å². The van der Waals surface area contributed by atoms with E-state index in [-0.39, 0.29) is 35.0 Å². The van der Waals surface area contributed by atoms with Crippen LogP contribution in [-0.2, 0) is 17.3 Å². The van der Waals surface area contributed by atoms with Crippen molar-refractivity contribution in [1.29, 1.82) is 0 Å². The zero-order chi connectivity index (χ0) is 36.8. The number of ether oxygens (including phenoxy) is 1. The summed E-state index contributed by atoms with van der Waals surface area (Å²) in [4.78, 5) is 18.0. The Morgan fingerprint density at radius 1 is 1.08 bits per heavy atom. The van der Waals surface area contributed by atoms with Crippen LogP contribution in [0.4, 0.5) is 22.0 Å². The van der Waals surface area contributed by atoms with Crippen LogP contribution in [-0.4, -0.2) is 52.3 Å². The van der Waals surface area contributed by atoms with Crippen molar-refractivity contribution >= 4 is 15.5 Å². The van der Waals surface area contributed by atoms with E-state index in [2.05, 4.69) is 55.3 Å². The lowest BCUT2D eigenvalue weighted by atomic mass is 9.90. The van der Waals surface area contributed by atoms with Crippen LogP contribution in [0.5, 0.6) is 0 Å². The first kappa shape index (κ1) is 42.8. The highest BCUT2D eigenvalue weighted by molar-refractivity contribution is 7.18. The molecule has 6 nitrogen and oxygen atoms in total. The number of aliphatic imine (C=N–C) groups is 1. The van der Waals surface area contributed by atoms with Gasteiger partial charge in [0.05, 0.1) is 5.69 Å². The minimum atomic E-state index is -4.61. The molecule has 2 heterocycles. The summed E-state index contributed by atoms with van der Waals surface area (Å²) in [5.41, 5.74) is -2.91. The molecule has 278 valence electrons. The fourth-order valence-corrected chi connectivity index (χ4v) is 6.45. The van der Waals surface area contributed by atoms with Gasteiger partial charge >= 0.3 is 6.18 Å². The number of nitrogens with zero attached hydrogens (tertiary/aromatic N) is 3. The van der Waals surface area contributed by atoms with Crippen LogP contribution in [0.3, 0.4) is 0 Å². The maximum Gasteiger partial charge on any atom is 0.422 e. The van der Waals surface area contributed by atoms with E-state index in [9.17, 15) is 26.7 Å². The third-order valence-corrected chi connectivity index (χ3v) is 9.93. The lowest BCUT2D eigenvalue weighted by molar-refractivity contribution is -0.139. The third-order valence-electron chi connectivity index (χ3n) is 9.60. The number of rotatable bonds is 17. The summed E-state index contributed by atoms with van der Waals surface area (Å²) in [7, 11) is 1.60. The van der Waals surface area contributed by atoms with Crippen LogP contribution < -0.4 is 5.56 Å². The molecule has 4 atom stereocenters. The highest BCUT2D eigenvalue weighted by atomic mass is 31.0. The van der Waals surface area contributed by atoms with E-state index >= 15 is 0 Å². The second-order valence-electron chi connectivity index (χ2n) is 13.3. The molecule has 3 unspecified atom stereocenters. The molecule has 2 aliphatic rings. The maximum absolute atomic E-state index is 13.5. The van der Waals surface area contributed by atoms with E-state index in [1.54, 1.807) is 15.3 Å². The number of hydrogen-bond donors (Lipinski definition) is 1. The number of nitrogens with one attached hydrogen (secondary N) is 1. The Balaban J connectivity index is 0.000000389. The highest BCUT2D eigenvalue weighted by Crippen LogP contribution is 2.42. The second kappa shape index (κ2) is 19.9. The van der Waals surface area contributed by atoms with E-state index in [1.165, 1.54) is 6.21 Å². The van der Waals surface area contributed by atoms with Crippen LogP contribution in [0.25, 0.3) is 0 Å². The van der Waals surface area contributed by atoms with Gasteiger partial charge in [-0.05, 0) is 82.6 Å². The maximum atomic E-state index is 13.5. The van der Waals surface area contributed by atoms with E-state index in [0.29, 0.717) is 18.5 Å². The van der Waals surface area contributed by atoms with Gasteiger partial charge in [0, 0.05) is 48.8 Å². The molecule has 49 heavy (non-hydrogen) atoms. The summed E-state index contributed by atoms with van der Waals surface area (Å²) >= 11 is 0. The summed E-state index contributed by atoms with van der Waals surface area (Å²) in [6.07, 6.45) is 10.5. The SMILES string of the molecule is C=C(N(CCC)CCCCCC1=C\CC\C=C(C(F)(F)P)/C=N/1)[C@@](C)(CC)OCCC.CCC(C)C1CCc2c1n[nH]c(=O)c2C(F)(F)F. The van der Waals surface area contributed by atoms with E-state index in [1.807, 2.05) is 18.9 Å².